The largest absolute Gasteiger partial charge is 0.257 e. The first kappa shape index (κ1) is 12.7. The number of rotatable bonds is 2. The molecule has 0 aliphatic carbocycles. The average Bonchev–Trinajstić information content (AvgIpc) is 3.04. The lowest BCUT2D eigenvalue weighted by atomic mass is 10.0. The maximum atomic E-state index is 4.61. The molecule has 0 amide bonds. The first-order valence-corrected chi connectivity index (χ1v) is 7.16. The second kappa shape index (κ2) is 5.07. The molecule has 0 saturated heterocycles. The van der Waals surface area contributed by atoms with Crippen molar-refractivity contribution in [1.29, 1.82) is 0 Å². The number of nitrogens with one attached hydrogen (secondary N) is 1. The Morgan fingerprint density at radius 1 is 0.818 bits per heavy atom. The fourth-order valence-electron chi connectivity index (χ4n) is 2.59. The van der Waals surface area contributed by atoms with E-state index in [4.69, 9.17) is 0 Å². The molecule has 0 radical (unpaired) electrons. The van der Waals surface area contributed by atoms with Gasteiger partial charge < -0.3 is 0 Å². The summed E-state index contributed by atoms with van der Waals surface area (Å²) in [5.41, 5.74) is 2.79. The second-order valence-corrected chi connectivity index (χ2v) is 5.20. The van der Waals surface area contributed by atoms with E-state index in [9.17, 15) is 0 Å². The Hall–Kier alpha value is -3.01. The first-order valence-electron chi connectivity index (χ1n) is 7.16. The summed E-state index contributed by atoms with van der Waals surface area (Å²) in [6.45, 7) is 1.96. The molecule has 22 heavy (non-hydrogen) atoms. The van der Waals surface area contributed by atoms with Crippen molar-refractivity contribution in [3.05, 3.63) is 66.4 Å². The van der Waals surface area contributed by atoms with Crippen LogP contribution in [0.15, 0.2) is 60.7 Å². The minimum absolute atomic E-state index is 0.687. The van der Waals surface area contributed by atoms with Gasteiger partial charge in [-0.25, -0.2) is 9.97 Å². The average molecular weight is 286 g/mol. The van der Waals surface area contributed by atoms with Gasteiger partial charge in [0.05, 0.1) is 0 Å². The Kier molecular flexibility index (Phi) is 2.93. The highest BCUT2D eigenvalue weighted by molar-refractivity contribution is 5.95. The minimum Gasteiger partial charge on any atom is -0.257 e. The van der Waals surface area contributed by atoms with Crippen LogP contribution in [0.3, 0.4) is 0 Å². The van der Waals surface area contributed by atoms with Crippen LogP contribution in [0.2, 0.25) is 0 Å². The summed E-state index contributed by atoms with van der Waals surface area (Å²) in [6, 6.07) is 20.3. The van der Waals surface area contributed by atoms with E-state index < -0.39 is 0 Å². The van der Waals surface area contributed by atoms with E-state index in [2.05, 4.69) is 38.4 Å². The van der Waals surface area contributed by atoms with Gasteiger partial charge in [-0.1, -0.05) is 48.5 Å². The molecule has 2 aromatic heterocycles. The molecule has 106 valence electrons. The van der Waals surface area contributed by atoms with E-state index in [1.54, 1.807) is 0 Å². The normalized spacial score (nSPS) is 11.0. The predicted octanol–water partition coefficient (Wildman–Crippen LogP) is 4.00. The summed E-state index contributed by atoms with van der Waals surface area (Å²) >= 11 is 0. The van der Waals surface area contributed by atoms with Gasteiger partial charge in [0.2, 0.25) is 0 Å². The van der Waals surface area contributed by atoms with E-state index >= 15 is 0 Å². The summed E-state index contributed by atoms with van der Waals surface area (Å²) in [7, 11) is 0. The Balaban J connectivity index is 1.84. The zero-order valence-corrected chi connectivity index (χ0v) is 12.1. The molecule has 0 bridgehead atoms. The summed E-state index contributed by atoms with van der Waals surface area (Å²) in [6.07, 6.45) is 0. The van der Waals surface area contributed by atoms with Crippen LogP contribution < -0.4 is 0 Å². The van der Waals surface area contributed by atoms with Gasteiger partial charge in [-0.2, -0.15) is 5.10 Å². The minimum atomic E-state index is 0.687. The summed E-state index contributed by atoms with van der Waals surface area (Å²) in [5.74, 6) is 1.38. The zero-order chi connectivity index (χ0) is 14.9. The van der Waals surface area contributed by atoms with Crippen molar-refractivity contribution in [1.82, 2.24) is 20.2 Å². The molecule has 0 aliphatic heterocycles. The van der Waals surface area contributed by atoms with Crippen LogP contribution in [0.1, 0.15) is 5.69 Å². The highest BCUT2D eigenvalue weighted by Gasteiger charge is 2.11. The first-order chi connectivity index (χ1) is 10.8. The third kappa shape index (κ3) is 2.15. The quantitative estimate of drug-likeness (QED) is 0.606. The van der Waals surface area contributed by atoms with Gasteiger partial charge in [-0.15, -0.1) is 0 Å². The molecule has 4 aromatic rings. The highest BCUT2D eigenvalue weighted by atomic mass is 15.2. The van der Waals surface area contributed by atoms with Gasteiger partial charge in [0.15, 0.2) is 11.6 Å². The number of benzene rings is 2. The molecule has 0 aliphatic rings. The third-order valence-corrected chi connectivity index (χ3v) is 3.65. The molecule has 0 spiro atoms. The lowest BCUT2D eigenvalue weighted by Gasteiger charge is -2.02. The summed E-state index contributed by atoms with van der Waals surface area (Å²) in [5, 5.41) is 9.68. The number of aromatic amines is 1. The van der Waals surface area contributed by atoms with Crippen molar-refractivity contribution in [2.45, 2.75) is 6.92 Å². The topological polar surface area (TPSA) is 54.5 Å². The molecule has 0 atom stereocenters. The molecule has 4 heteroatoms. The van der Waals surface area contributed by atoms with Crippen LogP contribution in [0, 0.1) is 6.92 Å². The monoisotopic (exact) mass is 286 g/mol. The maximum Gasteiger partial charge on any atom is 0.182 e. The number of hydrogen-bond donors (Lipinski definition) is 1. The van der Waals surface area contributed by atoms with Gasteiger partial charge in [0, 0.05) is 11.3 Å². The van der Waals surface area contributed by atoms with Gasteiger partial charge in [0.1, 0.15) is 5.69 Å². The van der Waals surface area contributed by atoms with Crippen molar-refractivity contribution in [3.63, 3.8) is 0 Å². The molecule has 2 heterocycles. The van der Waals surface area contributed by atoms with Crippen LogP contribution in [0.25, 0.3) is 33.7 Å². The smallest absolute Gasteiger partial charge is 0.182 e. The van der Waals surface area contributed by atoms with E-state index in [1.165, 1.54) is 5.39 Å². The van der Waals surface area contributed by atoms with Crippen molar-refractivity contribution in [2.75, 3.05) is 0 Å². The molecule has 4 rings (SSSR count). The van der Waals surface area contributed by atoms with E-state index in [0.29, 0.717) is 11.6 Å². The van der Waals surface area contributed by atoms with Crippen molar-refractivity contribution in [2.24, 2.45) is 0 Å². The SMILES string of the molecule is Cc1cccc(-c2nc(-c3cccc4ccccc34)n[nH]2)n1. The van der Waals surface area contributed by atoms with E-state index in [-0.39, 0.29) is 0 Å². The van der Waals surface area contributed by atoms with Gasteiger partial charge in [0.25, 0.3) is 0 Å². The summed E-state index contributed by atoms with van der Waals surface area (Å²) in [4.78, 5) is 9.09. The second-order valence-electron chi connectivity index (χ2n) is 5.20. The van der Waals surface area contributed by atoms with Crippen LogP contribution >= 0.6 is 0 Å². The molecular formula is C18H14N4. The lowest BCUT2D eigenvalue weighted by molar-refractivity contribution is 1.08. The number of hydrogen-bond acceptors (Lipinski definition) is 3. The Morgan fingerprint density at radius 3 is 2.55 bits per heavy atom. The fourth-order valence-corrected chi connectivity index (χ4v) is 2.59. The van der Waals surface area contributed by atoms with Crippen LogP contribution in [0.4, 0.5) is 0 Å². The molecule has 2 aromatic carbocycles. The standard InChI is InChI=1S/C18H14N4/c1-12-6-4-11-16(19-12)18-20-17(21-22-18)15-10-5-8-13-7-2-3-9-14(13)15/h2-11H,1H3,(H,20,21,22). The molecule has 1 N–H and O–H groups in total. The molecule has 4 nitrogen and oxygen atoms in total. The van der Waals surface area contributed by atoms with Gasteiger partial charge >= 0.3 is 0 Å². The highest BCUT2D eigenvalue weighted by Crippen LogP contribution is 2.27. The number of aromatic nitrogens is 4. The van der Waals surface area contributed by atoms with Crippen molar-refractivity contribution in [3.8, 4) is 22.9 Å². The number of fused-ring (bicyclic) bond motifs is 1. The Morgan fingerprint density at radius 2 is 1.64 bits per heavy atom. The number of H-pyrrole nitrogens is 1. The van der Waals surface area contributed by atoms with Crippen LogP contribution in [0.5, 0.6) is 0 Å². The molecular weight excluding hydrogens is 272 g/mol. The maximum absolute atomic E-state index is 4.61. The van der Waals surface area contributed by atoms with Crippen molar-refractivity contribution < 1.29 is 0 Å². The predicted molar refractivity (Wildman–Crippen MR) is 87.3 cm³/mol. The number of pyridine rings is 1. The molecule has 0 fully saturated rings. The van der Waals surface area contributed by atoms with E-state index in [1.807, 2.05) is 49.4 Å². The summed E-state index contributed by atoms with van der Waals surface area (Å²) < 4.78 is 0. The van der Waals surface area contributed by atoms with Crippen molar-refractivity contribution >= 4 is 10.8 Å². The van der Waals surface area contributed by atoms with Gasteiger partial charge in [-0.3, -0.25) is 5.10 Å². The third-order valence-electron chi connectivity index (χ3n) is 3.65. The molecule has 0 saturated carbocycles. The van der Waals surface area contributed by atoms with E-state index in [0.717, 1.165) is 22.3 Å². The lowest BCUT2D eigenvalue weighted by Crippen LogP contribution is -1.88. The van der Waals surface area contributed by atoms with Crippen LogP contribution in [-0.4, -0.2) is 20.2 Å². The Bertz CT molecular complexity index is 951. The molecule has 0 unspecified atom stereocenters. The van der Waals surface area contributed by atoms with Crippen LogP contribution in [-0.2, 0) is 0 Å². The number of aryl methyl sites for hydroxylation is 1. The fraction of sp³-hybridized carbons (Fsp3) is 0.0556. The number of nitrogens with zero attached hydrogens (tertiary/aromatic N) is 3. The zero-order valence-electron chi connectivity index (χ0n) is 12.1. The Labute approximate surface area is 127 Å². The van der Waals surface area contributed by atoms with Gasteiger partial charge in [-0.05, 0) is 29.8 Å².